The van der Waals surface area contributed by atoms with Crippen LogP contribution in [0.1, 0.15) is 5.56 Å². The molecule has 0 bridgehead atoms. The molecule has 1 fully saturated rings. The van der Waals surface area contributed by atoms with Gasteiger partial charge in [0.05, 0.1) is 17.2 Å². The van der Waals surface area contributed by atoms with Gasteiger partial charge in [0.2, 0.25) is 5.91 Å². The van der Waals surface area contributed by atoms with Gasteiger partial charge in [0.1, 0.15) is 6.54 Å². The Balaban J connectivity index is 1.39. The van der Waals surface area contributed by atoms with Crippen LogP contribution in [-0.2, 0) is 17.9 Å². The van der Waals surface area contributed by atoms with Gasteiger partial charge in [0.15, 0.2) is 0 Å². The van der Waals surface area contributed by atoms with E-state index in [0.717, 1.165) is 24.1 Å². The number of rotatable bonds is 4. The zero-order valence-corrected chi connectivity index (χ0v) is 17.0. The summed E-state index contributed by atoms with van der Waals surface area (Å²) in [5, 5.41) is 0.511. The van der Waals surface area contributed by atoms with Crippen molar-refractivity contribution < 1.29 is 4.79 Å². The topological polar surface area (TPSA) is 58.4 Å². The molecular formula is C21H21BrN4O2. The molecule has 4 rings (SSSR count). The van der Waals surface area contributed by atoms with Crippen LogP contribution in [-0.4, -0.2) is 51.4 Å². The summed E-state index contributed by atoms with van der Waals surface area (Å²) in [6, 6.07) is 15.7. The Labute approximate surface area is 171 Å². The molecule has 1 amide bonds. The van der Waals surface area contributed by atoms with Crippen LogP contribution < -0.4 is 5.56 Å². The predicted molar refractivity (Wildman–Crippen MR) is 112 cm³/mol. The van der Waals surface area contributed by atoms with Crippen molar-refractivity contribution in [1.29, 1.82) is 0 Å². The number of halogens is 1. The largest absolute Gasteiger partial charge is 0.339 e. The summed E-state index contributed by atoms with van der Waals surface area (Å²) in [5.74, 6) is -0.0439. The molecule has 0 saturated carbocycles. The maximum absolute atomic E-state index is 12.7. The summed E-state index contributed by atoms with van der Waals surface area (Å²) in [7, 11) is 0. The van der Waals surface area contributed by atoms with Gasteiger partial charge in [0, 0.05) is 37.2 Å². The average Bonchev–Trinajstić information content (AvgIpc) is 2.72. The summed E-state index contributed by atoms with van der Waals surface area (Å²) in [4.78, 5) is 33.9. The van der Waals surface area contributed by atoms with Crippen molar-refractivity contribution in [2.45, 2.75) is 13.1 Å². The van der Waals surface area contributed by atoms with E-state index < -0.39 is 0 Å². The Morgan fingerprint density at radius 2 is 1.79 bits per heavy atom. The quantitative estimate of drug-likeness (QED) is 0.625. The summed E-state index contributed by atoms with van der Waals surface area (Å²) in [5.41, 5.74) is 1.72. The number of aromatic nitrogens is 2. The first-order valence-electron chi connectivity index (χ1n) is 9.29. The van der Waals surface area contributed by atoms with E-state index in [1.807, 2.05) is 29.2 Å². The highest BCUT2D eigenvalue weighted by Crippen LogP contribution is 2.15. The predicted octanol–water partition coefficient (Wildman–Crippen LogP) is 2.50. The second-order valence-electron chi connectivity index (χ2n) is 6.98. The first-order chi connectivity index (χ1) is 13.6. The Kier molecular flexibility index (Phi) is 5.54. The number of carbonyl (C=O) groups excluding carboxylic acids is 1. The SMILES string of the molecule is O=C(Cn1cnc2ccc(Br)cc2c1=O)N1CCN(Cc2ccccc2)CC1. The summed E-state index contributed by atoms with van der Waals surface area (Å²) in [6.07, 6.45) is 1.46. The Hall–Kier alpha value is -2.51. The van der Waals surface area contributed by atoms with E-state index in [2.05, 4.69) is 37.9 Å². The van der Waals surface area contributed by atoms with Gasteiger partial charge in [-0.1, -0.05) is 46.3 Å². The fraction of sp³-hybridized carbons (Fsp3) is 0.286. The Morgan fingerprint density at radius 3 is 2.54 bits per heavy atom. The van der Waals surface area contributed by atoms with Gasteiger partial charge >= 0.3 is 0 Å². The molecule has 0 aliphatic carbocycles. The third-order valence-corrected chi connectivity index (χ3v) is 5.56. The van der Waals surface area contributed by atoms with Crippen molar-refractivity contribution >= 4 is 32.7 Å². The van der Waals surface area contributed by atoms with Crippen molar-refractivity contribution in [3.8, 4) is 0 Å². The normalized spacial score (nSPS) is 15.1. The van der Waals surface area contributed by atoms with Crippen molar-refractivity contribution in [1.82, 2.24) is 19.4 Å². The van der Waals surface area contributed by atoms with E-state index in [1.54, 1.807) is 12.1 Å². The molecule has 2 heterocycles. The van der Waals surface area contributed by atoms with E-state index in [1.165, 1.54) is 16.5 Å². The zero-order chi connectivity index (χ0) is 19.5. The molecule has 1 aromatic heterocycles. The van der Waals surface area contributed by atoms with Crippen LogP contribution in [0.5, 0.6) is 0 Å². The van der Waals surface area contributed by atoms with E-state index >= 15 is 0 Å². The molecule has 0 unspecified atom stereocenters. The number of hydrogen-bond donors (Lipinski definition) is 0. The van der Waals surface area contributed by atoms with E-state index in [-0.39, 0.29) is 18.0 Å². The number of carbonyl (C=O) groups is 1. The summed E-state index contributed by atoms with van der Waals surface area (Å²) in [6.45, 7) is 3.93. The maximum atomic E-state index is 12.7. The number of amides is 1. The second kappa shape index (κ2) is 8.24. The summed E-state index contributed by atoms with van der Waals surface area (Å²) >= 11 is 3.38. The van der Waals surface area contributed by atoms with Crippen molar-refractivity contribution in [3.05, 3.63) is 75.2 Å². The van der Waals surface area contributed by atoms with E-state index in [9.17, 15) is 9.59 Å². The lowest BCUT2D eigenvalue weighted by Gasteiger charge is -2.34. The second-order valence-corrected chi connectivity index (χ2v) is 7.90. The molecule has 0 N–H and O–H groups in total. The lowest BCUT2D eigenvalue weighted by molar-refractivity contribution is -0.133. The van der Waals surface area contributed by atoms with Gasteiger partial charge in [-0.05, 0) is 23.8 Å². The Morgan fingerprint density at radius 1 is 1.04 bits per heavy atom. The highest BCUT2D eigenvalue weighted by atomic mass is 79.9. The third-order valence-electron chi connectivity index (χ3n) is 5.07. The number of hydrogen-bond acceptors (Lipinski definition) is 4. The van der Waals surface area contributed by atoms with E-state index in [0.29, 0.717) is 24.0 Å². The van der Waals surface area contributed by atoms with Crippen LogP contribution >= 0.6 is 15.9 Å². The van der Waals surface area contributed by atoms with Gasteiger partial charge in [-0.3, -0.25) is 19.1 Å². The van der Waals surface area contributed by atoms with Gasteiger partial charge in [-0.25, -0.2) is 4.98 Å². The number of benzene rings is 2. The minimum absolute atomic E-state index is 0.0208. The van der Waals surface area contributed by atoms with Crippen LogP contribution in [0, 0.1) is 0 Å². The molecule has 0 radical (unpaired) electrons. The van der Waals surface area contributed by atoms with Gasteiger partial charge in [-0.15, -0.1) is 0 Å². The number of nitrogens with zero attached hydrogens (tertiary/aromatic N) is 4. The highest BCUT2D eigenvalue weighted by Gasteiger charge is 2.21. The molecular weight excluding hydrogens is 420 g/mol. The number of piperazine rings is 1. The molecule has 7 heteroatoms. The maximum Gasteiger partial charge on any atom is 0.261 e. The molecule has 28 heavy (non-hydrogen) atoms. The van der Waals surface area contributed by atoms with E-state index in [4.69, 9.17) is 0 Å². The smallest absolute Gasteiger partial charge is 0.261 e. The van der Waals surface area contributed by atoms with Gasteiger partial charge in [-0.2, -0.15) is 0 Å². The number of fused-ring (bicyclic) bond motifs is 1. The Bertz CT molecular complexity index is 1040. The average molecular weight is 441 g/mol. The molecule has 1 aliphatic rings. The van der Waals surface area contributed by atoms with Crippen molar-refractivity contribution in [3.63, 3.8) is 0 Å². The van der Waals surface area contributed by atoms with Crippen LogP contribution in [0.2, 0.25) is 0 Å². The molecule has 144 valence electrons. The van der Waals surface area contributed by atoms with Crippen LogP contribution in [0.25, 0.3) is 10.9 Å². The van der Waals surface area contributed by atoms with Crippen molar-refractivity contribution in [2.24, 2.45) is 0 Å². The monoisotopic (exact) mass is 440 g/mol. The molecule has 0 spiro atoms. The minimum atomic E-state index is -0.192. The van der Waals surface area contributed by atoms with Crippen LogP contribution in [0.4, 0.5) is 0 Å². The molecule has 6 nitrogen and oxygen atoms in total. The fourth-order valence-electron chi connectivity index (χ4n) is 3.49. The molecule has 0 atom stereocenters. The highest BCUT2D eigenvalue weighted by molar-refractivity contribution is 9.10. The standard InChI is InChI=1S/C21H21BrN4O2/c22-17-6-7-19-18(12-17)21(28)26(15-23-19)14-20(27)25-10-8-24(9-11-25)13-16-4-2-1-3-5-16/h1-7,12,15H,8-11,13-14H2. The lowest BCUT2D eigenvalue weighted by Crippen LogP contribution is -2.49. The zero-order valence-electron chi connectivity index (χ0n) is 15.4. The lowest BCUT2D eigenvalue weighted by atomic mass is 10.2. The first kappa shape index (κ1) is 18.8. The van der Waals surface area contributed by atoms with Crippen LogP contribution in [0.15, 0.2) is 64.1 Å². The molecule has 3 aromatic rings. The van der Waals surface area contributed by atoms with Gasteiger partial charge < -0.3 is 4.90 Å². The molecule has 1 aliphatic heterocycles. The fourth-order valence-corrected chi connectivity index (χ4v) is 3.85. The first-order valence-corrected chi connectivity index (χ1v) is 10.1. The summed E-state index contributed by atoms with van der Waals surface area (Å²) < 4.78 is 2.21. The van der Waals surface area contributed by atoms with Crippen molar-refractivity contribution in [2.75, 3.05) is 26.2 Å². The molecule has 1 saturated heterocycles. The van der Waals surface area contributed by atoms with Crippen LogP contribution in [0.3, 0.4) is 0 Å². The third kappa shape index (κ3) is 4.15. The van der Waals surface area contributed by atoms with Gasteiger partial charge in [0.25, 0.3) is 5.56 Å². The molecule has 2 aromatic carbocycles. The minimum Gasteiger partial charge on any atom is -0.339 e.